The fourth-order valence-corrected chi connectivity index (χ4v) is 3.44. The van der Waals surface area contributed by atoms with Crippen molar-refractivity contribution in [2.24, 2.45) is 0 Å². The van der Waals surface area contributed by atoms with Crippen LogP contribution in [-0.2, 0) is 9.59 Å². The smallest absolute Gasteiger partial charge is 0.235 e. The maximum Gasteiger partial charge on any atom is 0.235 e. The molecule has 0 N–H and O–H groups in total. The van der Waals surface area contributed by atoms with Gasteiger partial charge in [0.15, 0.2) is 0 Å². The molecule has 0 aromatic rings. The third-order valence-electron chi connectivity index (χ3n) is 5.08. The predicted molar refractivity (Wildman–Crippen MR) is 134 cm³/mol. The van der Waals surface area contributed by atoms with Crippen molar-refractivity contribution in [3.63, 3.8) is 0 Å². The minimum atomic E-state index is -0.317. The molecular formula is C24H45BrCl2O2. The van der Waals surface area contributed by atoms with Gasteiger partial charge in [-0.15, -0.1) is 0 Å². The molecule has 0 amide bonds. The van der Waals surface area contributed by atoms with Crippen molar-refractivity contribution in [1.29, 1.82) is 0 Å². The van der Waals surface area contributed by atoms with Gasteiger partial charge in [0.1, 0.15) is 0 Å². The Balaban J connectivity index is 0. The fourth-order valence-electron chi connectivity index (χ4n) is 3.15. The molecule has 0 aromatic heterocycles. The molecule has 0 fully saturated rings. The highest BCUT2D eigenvalue weighted by Gasteiger charge is 2.06. The topological polar surface area (TPSA) is 34.1 Å². The van der Waals surface area contributed by atoms with Crippen molar-refractivity contribution in [2.75, 3.05) is 0 Å². The summed E-state index contributed by atoms with van der Waals surface area (Å²) in [5.74, 6) is 0. The van der Waals surface area contributed by atoms with Crippen molar-refractivity contribution < 1.29 is 9.59 Å². The fraction of sp³-hybridized carbons (Fsp3) is 0.917. The third kappa shape index (κ3) is 30.7. The minimum Gasteiger partial charge on any atom is -0.281 e. The second kappa shape index (κ2) is 26.4. The summed E-state index contributed by atoms with van der Waals surface area (Å²) in [5.41, 5.74) is 0. The summed E-state index contributed by atoms with van der Waals surface area (Å²) in [6.07, 6.45) is 24.5. The first-order valence-electron chi connectivity index (χ1n) is 12.0. The normalized spacial score (nSPS) is 11.6. The molecule has 1 atom stereocenters. The zero-order chi connectivity index (χ0) is 22.2. The van der Waals surface area contributed by atoms with Crippen LogP contribution in [0.15, 0.2) is 0 Å². The molecular weight excluding hydrogens is 471 g/mol. The Morgan fingerprint density at radius 1 is 0.621 bits per heavy atom. The molecule has 0 heterocycles. The van der Waals surface area contributed by atoms with E-state index in [0.717, 1.165) is 19.3 Å². The number of hydrogen-bond donors (Lipinski definition) is 0. The Kier molecular flexibility index (Phi) is 28.8. The molecule has 0 aliphatic heterocycles. The van der Waals surface area contributed by atoms with E-state index in [2.05, 4.69) is 22.9 Å². The van der Waals surface area contributed by atoms with Gasteiger partial charge in [0.25, 0.3) is 0 Å². The highest BCUT2D eigenvalue weighted by molar-refractivity contribution is 9.10. The minimum absolute atomic E-state index is 0.158. The van der Waals surface area contributed by atoms with Crippen molar-refractivity contribution >= 4 is 49.6 Å². The number of hydrogen-bond acceptors (Lipinski definition) is 2. The monoisotopic (exact) mass is 514 g/mol. The lowest BCUT2D eigenvalue weighted by atomic mass is 10.0. The van der Waals surface area contributed by atoms with E-state index in [9.17, 15) is 9.59 Å². The van der Waals surface area contributed by atoms with E-state index in [4.69, 9.17) is 23.2 Å². The quantitative estimate of drug-likeness (QED) is 0.0917. The summed E-state index contributed by atoms with van der Waals surface area (Å²) in [7, 11) is 0. The largest absolute Gasteiger partial charge is 0.281 e. The molecule has 0 spiro atoms. The molecule has 0 aliphatic carbocycles. The molecule has 174 valence electrons. The summed E-state index contributed by atoms with van der Waals surface area (Å²) in [6, 6.07) is 0. The highest BCUT2D eigenvalue weighted by atomic mass is 79.9. The van der Waals surface area contributed by atoms with Gasteiger partial charge >= 0.3 is 0 Å². The number of unbranched alkanes of at least 4 members (excludes halogenated alkanes) is 16. The van der Waals surface area contributed by atoms with Gasteiger partial charge in [0.05, 0.1) is 4.83 Å². The molecule has 0 aliphatic rings. The summed E-state index contributed by atoms with van der Waals surface area (Å²) < 4.78 is 0. The van der Waals surface area contributed by atoms with Gasteiger partial charge < -0.3 is 0 Å². The average molecular weight is 516 g/mol. The highest BCUT2D eigenvalue weighted by Crippen LogP contribution is 2.14. The van der Waals surface area contributed by atoms with Crippen molar-refractivity contribution in [3.05, 3.63) is 0 Å². The van der Waals surface area contributed by atoms with Gasteiger partial charge in [-0.05, 0) is 36.0 Å². The maximum atomic E-state index is 10.6. The zero-order valence-corrected chi connectivity index (χ0v) is 22.1. The Morgan fingerprint density at radius 2 is 0.931 bits per heavy atom. The van der Waals surface area contributed by atoms with E-state index < -0.39 is 0 Å². The SMILES string of the molecule is CCC(Br)C(=O)Cl.CCCCCCCCCCCCCCCCCCCC(=O)Cl. The molecule has 1 unspecified atom stereocenters. The van der Waals surface area contributed by atoms with Crippen LogP contribution in [0.2, 0.25) is 0 Å². The molecule has 5 heteroatoms. The summed E-state index contributed by atoms with van der Waals surface area (Å²) in [5, 5.41) is -0.497. The molecule has 2 nitrogen and oxygen atoms in total. The van der Waals surface area contributed by atoms with Crippen LogP contribution in [0.1, 0.15) is 136 Å². The van der Waals surface area contributed by atoms with Gasteiger partial charge in [0, 0.05) is 6.42 Å². The van der Waals surface area contributed by atoms with E-state index in [1.54, 1.807) is 0 Å². The van der Waals surface area contributed by atoms with Crippen molar-refractivity contribution in [1.82, 2.24) is 0 Å². The number of alkyl halides is 1. The van der Waals surface area contributed by atoms with E-state index >= 15 is 0 Å². The Hall–Kier alpha value is 0.400. The molecule has 0 aromatic carbocycles. The molecule has 0 rings (SSSR count). The van der Waals surface area contributed by atoms with Gasteiger partial charge in [-0.3, -0.25) is 9.59 Å². The Bertz CT molecular complexity index is 365. The Labute approximate surface area is 199 Å². The van der Waals surface area contributed by atoms with Crippen LogP contribution in [0.25, 0.3) is 0 Å². The number of carbonyl (C=O) groups excluding carboxylic acids is 2. The van der Waals surface area contributed by atoms with Crippen LogP contribution < -0.4 is 0 Å². The second-order valence-corrected chi connectivity index (χ2v) is 9.84. The van der Waals surface area contributed by atoms with Crippen LogP contribution >= 0.6 is 39.1 Å². The maximum absolute atomic E-state index is 10.6. The molecule has 0 saturated carbocycles. The average Bonchev–Trinajstić information content (AvgIpc) is 2.69. The predicted octanol–water partition coefficient (Wildman–Crippen LogP) is 9.72. The number of rotatable bonds is 20. The van der Waals surface area contributed by atoms with Crippen LogP contribution in [-0.4, -0.2) is 15.3 Å². The molecule has 0 bridgehead atoms. The number of halogens is 3. The lowest BCUT2D eigenvalue weighted by Gasteiger charge is -2.03. The lowest BCUT2D eigenvalue weighted by Crippen LogP contribution is -2.03. The van der Waals surface area contributed by atoms with Crippen LogP contribution in [0.4, 0.5) is 0 Å². The Morgan fingerprint density at radius 3 is 1.14 bits per heavy atom. The van der Waals surface area contributed by atoms with E-state index in [1.165, 1.54) is 96.3 Å². The standard InChI is InChI=1S/C20H39ClO.C4H6BrClO/c1-2-3-4-5-6-7-8-9-10-11-12-13-14-15-16-17-18-19-20(21)22;1-2-3(5)4(6)7/h2-19H2,1H3;3H,2H2,1H3. The van der Waals surface area contributed by atoms with Crippen LogP contribution in [0.5, 0.6) is 0 Å². The zero-order valence-electron chi connectivity index (χ0n) is 19.0. The summed E-state index contributed by atoms with van der Waals surface area (Å²) in [6.45, 7) is 4.17. The summed E-state index contributed by atoms with van der Waals surface area (Å²) >= 11 is 13.4. The van der Waals surface area contributed by atoms with E-state index in [0.29, 0.717) is 6.42 Å². The molecule has 0 saturated heterocycles. The van der Waals surface area contributed by atoms with Gasteiger partial charge in [-0.1, -0.05) is 133 Å². The van der Waals surface area contributed by atoms with Gasteiger partial charge in [0.2, 0.25) is 10.5 Å². The van der Waals surface area contributed by atoms with Crippen LogP contribution in [0, 0.1) is 0 Å². The van der Waals surface area contributed by atoms with Crippen molar-refractivity contribution in [3.8, 4) is 0 Å². The van der Waals surface area contributed by atoms with Gasteiger partial charge in [-0.2, -0.15) is 0 Å². The first kappa shape index (κ1) is 31.6. The van der Waals surface area contributed by atoms with Crippen LogP contribution in [0.3, 0.4) is 0 Å². The first-order valence-corrected chi connectivity index (χ1v) is 13.6. The van der Waals surface area contributed by atoms with Crippen molar-refractivity contribution in [2.45, 2.75) is 141 Å². The second-order valence-electron chi connectivity index (χ2n) is 7.94. The number of carbonyl (C=O) groups is 2. The lowest BCUT2D eigenvalue weighted by molar-refractivity contribution is -0.112. The van der Waals surface area contributed by atoms with Gasteiger partial charge in [-0.25, -0.2) is 0 Å². The van der Waals surface area contributed by atoms with E-state index in [1.807, 2.05) is 6.92 Å². The molecule has 0 radical (unpaired) electrons. The first-order chi connectivity index (χ1) is 14.0. The van der Waals surface area contributed by atoms with E-state index in [-0.39, 0.29) is 15.3 Å². The molecule has 29 heavy (non-hydrogen) atoms. The third-order valence-corrected chi connectivity index (χ3v) is 6.86. The summed E-state index contributed by atoms with van der Waals surface area (Å²) in [4.78, 5) is 20.5.